The Kier molecular flexibility index (Phi) is 6.05. The van der Waals surface area contributed by atoms with E-state index in [4.69, 9.17) is 46.4 Å². The Hall–Kier alpha value is -1.99. The van der Waals surface area contributed by atoms with Crippen LogP contribution in [-0.2, 0) is 13.1 Å². The molecule has 0 saturated carbocycles. The molecular formula is C18H13Cl4N3O3. The van der Waals surface area contributed by atoms with Crippen LogP contribution < -0.4 is 5.43 Å². The summed E-state index contributed by atoms with van der Waals surface area (Å²) in [6.45, 7) is 2.41. The smallest absolute Gasteiger partial charge is 0.341 e. The summed E-state index contributed by atoms with van der Waals surface area (Å²) in [5, 5.41) is 10.6. The van der Waals surface area contributed by atoms with Gasteiger partial charge in [-0.15, -0.1) is 0 Å². The monoisotopic (exact) mass is 459 g/mol. The number of hydrogen-bond donors (Lipinski definition) is 1. The van der Waals surface area contributed by atoms with Crippen molar-refractivity contribution in [3.8, 4) is 11.3 Å². The number of rotatable bonds is 5. The molecule has 6 nitrogen and oxygen atoms in total. The van der Waals surface area contributed by atoms with E-state index in [1.807, 2.05) is 6.92 Å². The Bertz CT molecular complexity index is 1140. The molecule has 0 spiro atoms. The van der Waals surface area contributed by atoms with Crippen LogP contribution in [0.5, 0.6) is 0 Å². The molecule has 0 bridgehead atoms. The number of halogens is 4. The van der Waals surface area contributed by atoms with Gasteiger partial charge in [0.25, 0.3) is 0 Å². The molecule has 146 valence electrons. The average molecular weight is 461 g/mol. The molecule has 0 unspecified atom stereocenters. The Balaban J connectivity index is 2.30. The second-order valence-corrected chi connectivity index (χ2v) is 7.39. The van der Waals surface area contributed by atoms with Crippen LogP contribution >= 0.6 is 46.4 Å². The van der Waals surface area contributed by atoms with E-state index in [-0.39, 0.29) is 33.1 Å². The zero-order valence-corrected chi connectivity index (χ0v) is 17.4. The molecule has 0 aliphatic heterocycles. The lowest BCUT2D eigenvalue weighted by Gasteiger charge is -2.20. The Morgan fingerprint density at radius 3 is 2.39 bits per heavy atom. The summed E-state index contributed by atoms with van der Waals surface area (Å²) in [6.07, 6.45) is 1.44. The maximum atomic E-state index is 12.6. The SMILES string of the molecule is CCn1c(Cn2cnc(Cl)c2Cl)cc(=O)c(C(=O)O)c1-c1ccc(Cl)c(Cl)c1. The fourth-order valence-electron chi connectivity index (χ4n) is 2.97. The zero-order valence-electron chi connectivity index (χ0n) is 14.4. The third kappa shape index (κ3) is 3.78. The first-order valence-corrected chi connectivity index (χ1v) is 9.57. The van der Waals surface area contributed by atoms with Crippen molar-refractivity contribution < 1.29 is 9.90 Å². The molecule has 28 heavy (non-hydrogen) atoms. The number of imidazole rings is 1. The van der Waals surface area contributed by atoms with Crippen LogP contribution in [0.4, 0.5) is 0 Å². The first-order chi connectivity index (χ1) is 13.2. The number of pyridine rings is 1. The zero-order chi connectivity index (χ0) is 20.6. The second kappa shape index (κ2) is 8.17. The highest BCUT2D eigenvalue weighted by Crippen LogP contribution is 2.31. The maximum Gasteiger partial charge on any atom is 0.341 e. The van der Waals surface area contributed by atoms with Crippen molar-refractivity contribution in [3.63, 3.8) is 0 Å². The van der Waals surface area contributed by atoms with Gasteiger partial charge < -0.3 is 14.2 Å². The van der Waals surface area contributed by atoms with Crippen LogP contribution in [0.25, 0.3) is 11.3 Å². The molecule has 0 atom stereocenters. The van der Waals surface area contributed by atoms with E-state index in [9.17, 15) is 14.7 Å². The third-order valence-electron chi connectivity index (χ3n) is 4.19. The lowest BCUT2D eigenvalue weighted by Crippen LogP contribution is -2.24. The van der Waals surface area contributed by atoms with E-state index in [0.717, 1.165) is 0 Å². The minimum absolute atomic E-state index is 0.138. The van der Waals surface area contributed by atoms with E-state index >= 15 is 0 Å². The number of benzene rings is 1. The predicted octanol–water partition coefficient (Wildman–Crippen LogP) is 5.09. The van der Waals surface area contributed by atoms with Gasteiger partial charge >= 0.3 is 5.97 Å². The Morgan fingerprint density at radius 2 is 1.86 bits per heavy atom. The van der Waals surface area contributed by atoms with Crippen LogP contribution in [-0.4, -0.2) is 25.2 Å². The molecule has 1 N–H and O–H groups in total. The van der Waals surface area contributed by atoms with Crippen molar-refractivity contribution in [1.29, 1.82) is 0 Å². The van der Waals surface area contributed by atoms with Gasteiger partial charge in [-0.1, -0.05) is 52.5 Å². The molecule has 0 amide bonds. The van der Waals surface area contributed by atoms with Gasteiger partial charge in [0.15, 0.2) is 10.6 Å². The van der Waals surface area contributed by atoms with E-state index < -0.39 is 11.4 Å². The summed E-state index contributed by atoms with van der Waals surface area (Å²) in [5.74, 6) is -1.33. The summed E-state index contributed by atoms with van der Waals surface area (Å²) in [7, 11) is 0. The largest absolute Gasteiger partial charge is 0.477 e. The fraction of sp³-hybridized carbons (Fsp3) is 0.167. The Morgan fingerprint density at radius 1 is 1.14 bits per heavy atom. The third-order valence-corrected chi connectivity index (χ3v) is 5.69. The summed E-state index contributed by atoms with van der Waals surface area (Å²) in [4.78, 5) is 28.4. The number of carboxylic acid groups (broad SMARTS) is 1. The summed E-state index contributed by atoms with van der Waals surface area (Å²) in [6, 6.07) is 5.97. The number of aromatic carboxylic acids is 1. The molecule has 10 heteroatoms. The molecule has 2 aromatic heterocycles. The van der Waals surface area contributed by atoms with Crippen LogP contribution in [0.15, 0.2) is 35.4 Å². The van der Waals surface area contributed by atoms with E-state index in [0.29, 0.717) is 22.8 Å². The number of carboxylic acids is 1. The van der Waals surface area contributed by atoms with Crippen molar-refractivity contribution in [2.24, 2.45) is 0 Å². The van der Waals surface area contributed by atoms with Gasteiger partial charge in [-0.2, -0.15) is 0 Å². The van der Waals surface area contributed by atoms with Gasteiger partial charge in [0.2, 0.25) is 0 Å². The van der Waals surface area contributed by atoms with E-state index in [1.54, 1.807) is 21.3 Å². The molecule has 3 aromatic rings. The van der Waals surface area contributed by atoms with E-state index in [1.165, 1.54) is 18.5 Å². The molecule has 0 saturated heterocycles. The first kappa shape index (κ1) is 20.7. The number of hydrogen-bond acceptors (Lipinski definition) is 3. The lowest BCUT2D eigenvalue weighted by molar-refractivity contribution is 0.0695. The topological polar surface area (TPSA) is 77.1 Å². The number of aromatic nitrogens is 3. The molecule has 1 aromatic carbocycles. The first-order valence-electron chi connectivity index (χ1n) is 8.06. The molecule has 0 fully saturated rings. The number of carbonyl (C=O) groups is 1. The van der Waals surface area contributed by atoms with Gasteiger partial charge in [0, 0.05) is 23.9 Å². The quantitative estimate of drug-likeness (QED) is 0.575. The van der Waals surface area contributed by atoms with Crippen molar-refractivity contribution in [1.82, 2.24) is 14.1 Å². The standard InChI is InChI=1S/C18H13Cl4N3O3/c1-2-25-10(7-24-8-23-16(21)17(24)22)6-13(26)14(18(27)28)15(25)9-3-4-11(19)12(20)5-9/h3-6,8H,2,7H2,1H3,(H,27,28). The highest BCUT2D eigenvalue weighted by atomic mass is 35.5. The van der Waals surface area contributed by atoms with Crippen LogP contribution in [0, 0.1) is 0 Å². The maximum absolute atomic E-state index is 12.6. The van der Waals surface area contributed by atoms with Crippen LogP contribution in [0.2, 0.25) is 20.4 Å². The fourth-order valence-corrected chi connectivity index (χ4v) is 3.57. The van der Waals surface area contributed by atoms with Crippen molar-refractivity contribution in [2.45, 2.75) is 20.0 Å². The molecule has 0 radical (unpaired) electrons. The molecule has 0 aliphatic rings. The lowest BCUT2D eigenvalue weighted by atomic mass is 10.0. The van der Waals surface area contributed by atoms with Gasteiger partial charge in [-0.3, -0.25) is 4.79 Å². The second-order valence-electron chi connectivity index (χ2n) is 5.86. The molecule has 2 heterocycles. The van der Waals surface area contributed by atoms with Gasteiger partial charge in [-0.05, 0) is 19.1 Å². The average Bonchev–Trinajstić information content (AvgIpc) is 2.95. The summed E-state index contributed by atoms with van der Waals surface area (Å²) in [5.41, 5.74) is 0.254. The predicted molar refractivity (Wildman–Crippen MR) is 110 cm³/mol. The van der Waals surface area contributed by atoms with Gasteiger partial charge in [0.1, 0.15) is 10.7 Å². The van der Waals surface area contributed by atoms with Crippen molar-refractivity contribution in [2.75, 3.05) is 0 Å². The normalized spacial score (nSPS) is 11.0. The minimum Gasteiger partial charge on any atom is -0.477 e. The number of nitrogens with zero attached hydrogens (tertiary/aromatic N) is 3. The van der Waals surface area contributed by atoms with Crippen LogP contribution in [0.1, 0.15) is 23.0 Å². The summed E-state index contributed by atoms with van der Waals surface area (Å²) < 4.78 is 3.28. The van der Waals surface area contributed by atoms with E-state index in [2.05, 4.69) is 4.98 Å². The highest BCUT2D eigenvalue weighted by molar-refractivity contribution is 6.42. The van der Waals surface area contributed by atoms with Gasteiger partial charge in [0.05, 0.1) is 28.6 Å². The van der Waals surface area contributed by atoms with Crippen molar-refractivity contribution in [3.05, 3.63) is 72.4 Å². The van der Waals surface area contributed by atoms with Gasteiger partial charge in [-0.25, -0.2) is 9.78 Å². The Labute approximate surface area is 179 Å². The molecule has 3 rings (SSSR count). The van der Waals surface area contributed by atoms with Crippen LogP contribution in [0.3, 0.4) is 0 Å². The highest BCUT2D eigenvalue weighted by Gasteiger charge is 2.23. The molecular weight excluding hydrogens is 448 g/mol. The van der Waals surface area contributed by atoms with Crippen molar-refractivity contribution >= 4 is 52.4 Å². The minimum atomic E-state index is -1.33. The molecule has 0 aliphatic carbocycles. The summed E-state index contributed by atoms with van der Waals surface area (Å²) >= 11 is 24.1.